The fourth-order valence-electron chi connectivity index (χ4n) is 6.84. The van der Waals surface area contributed by atoms with Gasteiger partial charge in [-0.15, -0.1) is 0 Å². The molecule has 2 unspecified atom stereocenters. The summed E-state index contributed by atoms with van der Waals surface area (Å²) in [7, 11) is 4.44. The third kappa shape index (κ3) is 5.98. The number of hydrogen-bond donors (Lipinski definition) is 3. The van der Waals surface area contributed by atoms with Crippen molar-refractivity contribution in [1.82, 2.24) is 15.1 Å². The zero-order valence-corrected chi connectivity index (χ0v) is 25.6. The molecule has 224 valence electrons. The number of nitrogens with zero attached hydrogens (tertiary/aromatic N) is 2. The number of hydrogen-bond acceptors (Lipinski definition) is 7. The molecule has 9 nitrogen and oxygen atoms in total. The Bertz CT molecular complexity index is 1370. The van der Waals surface area contributed by atoms with Gasteiger partial charge in [0, 0.05) is 67.6 Å². The fourth-order valence-corrected chi connectivity index (χ4v) is 6.84. The standard InChI is InChI=1S/C30H41B2FN4O5/c1-27(2)17-36(18-28(3,4)42-27)16-20-10-6-9-19(24(20)33)15-35-22-12-7-11-21-23(22)30(32,41)37(25(21)39)29(31,13-8-14-38)26(40)34-5/h6-7,9-12,14,35,41H,8,13,15-18,31-32H2,1-5H3,(H,34,40). The maximum absolute atomic E-state index is 15.8. The van der Waals surface area contributed by atoms with Crippen LogP contribution in [0.2, 0.25) is 0 Å². The van der Waals surface area contributed by atoms with E-state index in [1.807, 2.05) is 33.8 Å². The van der Waals surface area contributed by atoms with Gasteiger partial charge in [-0.2, -0.15) is 0 Å². The lowest BCUT2D eigenvalue weighted by atomic mass is 9.68. The van der Waals surface area contributed by atoms with Crippen LogP contribution in [0.1, 0.15) is 67.6 Å². The molecule has 2 aliphatic rings. The van der Waals surface area contributed by atoms with Crippen LogP contribution in [0.15, 0.2) is 36.4 Å². The average Bonchev–Trinajstić information content (AvgIpc) is 3.11. The molecule has 1 fully saturated rings. The van der Waals surface area contributed by atoms with Crippen LogP contribution in [0.4, 0.5) is 10.1 Å². The number of fused-ring (bicyclic) bond motifs is 1. The predicted molar refractivity (Wildman–Crippen MR) is 164 cm³/mol. The Hall–Kier alpha value is -3.21. The predicted octanol–water partition coefficient (Wildman–Crippen LogP) is 1.07. The Morgan fingerprint density at radius 2 is 1.76 bits per heavy atom. The van der Waals surface area contributed by atoms with Gasteiger partial charge in [-0.25, -0.2) is 4.39 Å². The van der Waals surface area contributed by atoms with Gasteiger partial charge in [0.15, 0.2) is 7.85 Å². The van der Waals surface area contributed by atoms with E-state index < -0.39 is 22.9 Å². The molecule has 2 amide bonds. The minimum absolute atomic E-state index is 0.0281. The molecule has 2 heterocycles. The van der Waals surface area contributed by atoms with Gasteiger partial charge in [-0.3, -0.25) is 14.5 Å². The Labute approximate surface area is 249 Å². The maximum atomic E-state index is 15.8. The first kappa shape index (κ1) is 31.7. The van der Waals surface area contributed by atoms with Crippen LogP contribution < -0.4 is 10.6 Å². The highest BCUT2D eigenvalue weighted by molar-refractivity contribution is 6.32. The van der Waals surface area contributed by atoms with Crippen LogP contribution in [0, 0.1) is 5.82 Å². The third-order valence-electron chi connectivity index (χ3n) is 8.15. The molecule has 0 bridgehead atoms. The van der Waals surface area contributed by atoms with Crippen molar-refractivity contribution in [3.05, 3.63) is 64.5 Å². The summed E-state index contributed by atoms with van der Waals surface area (Å²) in [6.45, 7) is 10.1. The molecular formula is C30H41B2FN4O5. The van der Waals surface area contributed by atoms with Gasteiger partial charge < -0.3 is 30.2 Å². The lowest BCUT2D eigenvalue weighted by molar-refractivity contribution is -0.182. The second-order valence-corrected chi connectivity index (χ2v) is 13.0. The molecule has 42 heavy (non-hydrogen) atoms. The highest BCUT2D eigenvalue weighted by Crippen LogP contribution is 2.44. The number of aldehydes is 1. The summed E-state index contributed by atoms with van der Waals surface area (Å²) >= 11 is 0. The number of morpholine rings is 1. The van der Waals surface area contributed by atoms with E-state index in [1.165, 1.54) is 22.7 Å². The number of carbonyl (C=O) groups excluding carboxylic acids is 3. The van der Waals surface area contributed by atoms with E-state index in [0.29, 0.717) is 48.3 Å². The van der Waals surface area contributed by atoms with E-state index in [2.05, 4.69) is 15.5 Å². The van der Waals surface area contributed by atoms with Gasteiger partial charge >= 0.3 is 0 Å². The number of carbonyl (C=O) groups is 3. The van der Waals surface area contributed by atoms with Crippen LogP contribution in [0.25, 0.3) is 0 Å². The van der Waals surface area contributed by atoms with E-state index in [0.717, 1.165) is 4.90 Å². The number of halogens is 1. The third-order valence-corrected chi connectivity index (χ3v) is 8.15. The first-order valence-electron chi connectivity index (χ1n) is 14.4. The number of benzene rings is 2. The SMILES string of the molecule is BC(CCC=O)(C(=O)NC)N1C(=O)c2cccc(NCc3cccc(CN4CC(C)(C)OC(C)(C)C4)c3F)c2C1(B)O. The van der Waals surface area contributed by atoms with E-state index in [9.17, 15) is 19.5 Å². The molecule has 2 aromatic rings. The molecule has 2 aromatic carbocycles. The molecule has 0 aliphatic carbocycles. The quantitative estimate of drug-likeness (QED) is 0.286. The molecule has 0 radical (unpaired) electrons. The van der Waals surface area contributed by atoms with Gasteiger partial charge in [-0.05, 0) is 46.2 Å². The van der Waals surface area contributed by atoms with Crippen molar-refractivity contribution in [2.45, 2.75) is 75.9 Å². The van der Waals surface area contributed by atoms with Gasteiger partial charge in [0.2, 0.25) is 5.91 Å². The zero-order valence-electron chi connectivity index (χ0n) is 25.6. The molecule has 12 heteroatoms. The molecule has 0 spiro atoms. The Balaban J connectivity index is 1.60. The number of likely N-dealkylation sites (N-methyl/N-ethyl adjacent to an activating group) is 1. The van der Waals surface area contributed by atoms with Crippen LogP contribution in [0.3, 0.4) is 0 Å². The van der Waals surface area contributed by atoms with Gasteiger partial charge in [-0.1, -0.05) is 24.3 Å². The van der Waals surface area contributed by atoms with Gasteiger partial charge in [0.25, 0.3) is 5.91 Å². The Morgan fingerprint density at radius 3 is 2.38 bits per heavy atom. The first-order valence-corrected chi connectivity index (χ1v) is 14.4. The lowest BCUT2D eigenvalue weighted by Gasteiger charge is -2.47. The fraction of sp³-hybridized carbons (Fsp3) is 0.500. The highest BCUT2D eigenvalue weighted by Gasteiger charge is 2.55. The van der Waals surface area contributed by atoms with E-state index >= 15 is 4.39 Å². The number of rotatable bonds is 10. The number of ether oxygens (including phenoxy) is 1. The number of amides is 2. The van der Waals surface area contributed by atoms with E-state index in [-0.39, 0.29) is 42.0 Å². The van der Waals surface area contributed by atoms with Crippen LogP contribution in [0.5, 0.6) is 0 Å². The van der Waals surface area contributed by atoms with Gasteiger partial charge in [0.05, 0.1) is 16.6 Å². The summed E-state index contributed by atoms with van der Waals surface area (Å²) < 4.78 is 22.0. The van der Waals surface area contributed by atoms with Crippen molar-refractivity contribution in [3.63, 3.8) is 0 Å². The first-order chi connectivity index (χ1) is 19.6. The normalized spacial score (nSPS) is 22.7. The van der Waals surface area contributed by atoms with Crippen LogP contribution >= 0.6 is 0 Å². The van der Waals surface area contributed by atoms with Crippen molar-refractivity contribution < 1.29 is 28.6 Å². The molecular weight excluding hydrogens is 537 g/mol. The minimum Gasteiger partial charge on any atom is -0.380 e. The molecule has 2 atom stereocenters. The Morgan fingerprint density at radius 1 is 1.14 bits per heavy atom. The van der Waals surface area contributed by atoms with Crippen molar-refractivity contribution in [2.75, 3.05) is 25.5 Å². The smallest absolute Gasteiger partial charge is 0.256 e. The summed E-state index contributed by atoms with van der Waals surface area (Å²) in [5.41, 5.74) is -2.08. The van der Waals surface area contributed by atoms with Crippen LogP contribution in [-0.4, -0.2) is 85.5 Å². The van der Waals surface area contributed by atoms with Crippen molar-refractivity contribution >= 4 is 39.5 Å². The van der Waals surface area contributed by atoms with Crippen molar-refractivity contribution in [2.24, 2.45) is 0 Å². The largest absolute Gasteiger partial charge is 0.380 e. The van der Waals surface area contributed by atoms with Crippen molar-refractivity contribution in [1.29, 1.82) is 0 Å². The minimum atomic E-state index is -1.88. The molecule has 1 saturated heterocycles. The molecule has 3 N–H and O–H groups in total. The summed E-state index contributed by atoms with van der Waals surface area (Å²) in [5.74, 6) is -1.34. The number of anilines is 1. The van der Waals surface area contributed by atoms with E-state index in [4.69, 9.17) is 4.74 Å². The molecule has 2 aliphatic heterocycles. The van der Waals surface area contributed by atoms with Crippen LogP contribution in [-0.2, 0) is 33.0 Å². The molecule has 0 aromatic heterocycles. The summed E-state index contributed by atoms with van der Waals surface area (Å²) in [5, 5.41) is 17.6. The second-order valence-electron chi connectivity index (χ2n) is 13.0. The Kier molecular flexibility index (Phi) is 8.66. The maximum Gasteiger partial charge on any atom is 0.256 e. The van der Waals surface area contributed by atoms with E-state index in [1.54, 1.807) is 30.3 Å². The summed E-state index contributed by atoms with van der Waals surface area (Å²) in [4.78, 5) is 41.2. The summed E-state index contributed by atoms with van der Waals surface area (Å²) in [6.07, 6.45) is 0.741. The highest BCUT2D eigenvalue weighted by atomic mass is 19.1. The van der Waals surface area contributed by atoms with Crippen molar-refractivity contribution in [3.8, 4) is 0 Å². The molecule has 0 saturated carbocycles. The monoisotopic (exact) mass is 578 g/mol. The zero-order chi connectivity index (χ0) is 31.1. The number of nitrogens with one attached hydrogen (secondary N) is 2. The van der Waals surface area contributed by atoms with Gasteiger partial charge in [0.1, 0.15) is 25.6 Å². The lowest BCUT2D eigenvalue weighted by Crippen LogP contribution is -2.65. The topological polar surface area (TPSA) is 111 Å². The summed E-state index contributed by atoms with van der Waals surface area (Å²) in [6, 6.07) is 10.3. The molecule has 4 rings (SSSR count). The number of aliphatic hydroxyl groups is 1. The second kappa shape index (κ2) is 11.5. The average molecular weight is 578 g/mol.